The summed E-state index contributed by atoms with van der Waals surface area (Å²) in [5.41, 5.74) is 5.76. The highest BCUT2D eigenvalue weighted by Crippen LogP contribution is 2.37. The van der Waals surface area contributed by atoms with Gasteiger partial charge >= 0.3 is 0 Å². The zero-order valence-corrected chi connectivity index (χ0v) is 7.12. The van der Waals surface area contributed by atoms with E-state index >= 15 is 0 Å². The summed E-state index contributed by atoms with van der Waals surface area (Å²) in [7, 11) is 1.86. The molecule has 0 radical (unpaired) electrons. The van der Waals surface area contributed by atoms with Crippen LogP contribution in [0.25, 0.3) is 0 Å². The van der Waals surface area contributed by atoms with E-state index in [1.807, 2.05) is 7.05 Å². The minimum Gasteiger partial charge on any atom is -0.362 e. The van der Waals surface area contributed by atoms with Crippen molar-refractivity contribution in [1.82, 2.24) is 15.0 Å². The Labute approximate surface area is 70.9 Å². The van der Waals surface area contributed by atoms with Gasteiger partial charge in [-0.15, -0.1) is 5.10 Å². The molecule has 0 spiro atoms. The molecular formula is C7H13N5. The van der Waals surface area contributed by atoms with Crippen molar-refractivity contribution in [3.05, 3.63) is 6.20 Å². The van der Waals surface area contributed by atoms with Gasteiger partial charge in [-0.3, -0.25) is 0 Å². The lowest BCUT2D eigenvalue weighted by molar-refractivity contribution is 0.684. The van der Waals surface area contributed by atoms with Crippen LogP contribution in [0.15, 0.2) is 6.20 Å². The lowest BCUT2D eigenvalue weighted by atomic mass is 10.3. The van der Waals surface area contributed by atoms with Crippen molar-refractivity contribution in [1.29, 1.82) is 0 Å². The van der Waals surface area contributed by atoms with E-state index in [4.69, 9.17) is 5.73 Å². The zero-order chi connectivity index (χ0) is 8.60. The highest BCUT2D eigenvalue weighted by molar-refractivity contribution is 5.38. The van der Waals surface area contributed by atoms with Gasteiger partial charge in [0.15, 0.2) is 0 Å². The molecule has 1 aromatic rings. The molecule has 1 aliphatic rings. The molecule has 1 saturated carbocycles. The number of nitrogens with two attached hydrogens (primary N) is 1. The summed E-state index contributed by atoms with van der Waals surface area (Å²) in [6.45, 7) is 0.679. The Hall–Kier alpha value is -1.10. The zero-order valence-electron chi connectivity index (χ0n) is 7.12. The molecule has 0 bridgehead atoms. The lowest BCUT2D eigenvalue weighted by Gasteiger charge is -2.14. The summed E-state index contributed by atoms with van der Waals surface area (Å²) in [4.78, 5) is 0. The van der Waals surface area contributed by atoms with Gasteiger partial charge in [0.25, 0.3) is 0 Å². The monoisotopic (exact) mass is 167 g/mol. The molecule has 2 rings (SSSR count). The SMILES string of the molecule is Cn1nncc1NC1(CN)CC1. The fourth-order valence-electron chi connectivity index (χ4n) is 1.21. The summed E-state index contributed by atoms with van der Waals surface area (Å²) in [5.74, 6) is 0.943. The van der Waals surface area contributed by atoms with Gasteiger partial charge in [-0.25, -0.2) is 4.68 Å². The average molecular weight is 167 g/mol. The van der Waals surface area contributed by atoms with E-state index < -0.39 is 0 Å². The van der Waals surface area contributed by atoms with Gasteiger partial charge in [0.05, 0.1) is 11.7 Å². The number of aryl methyl sites for hydroxylation is 1. The second-order valence-corrected chi connectivity index (χ2v) is 3.35. The second kappa shape index (κ2) is 2.45. The third kappa shape index (κ3) is 1.16. The van der Waals surface area contributed by atoms with E-state index in [1.165, 1.54) is 0 Å². The summed E-state index contributed by atoms with van der Waals surface area (Å²) < 4.78 is 1.72. The third-order valence-corrected chi connectivity index (χ3v) is 2.35. The highest BCUT2D eigenvalue weighted by atomic mass is 15.4. The molecule has 0 atom stereocenters. The Bertz CT molecular complexity index is 275. The lowest BCUT2D eigenvalue weighted by Crippen LogP contribution is -2.31. The van der Waals surface area contributed by atoms with Gasteiger partial charge in [-0.2, -0.15) is 0 Å². The maximum absolute atomic E-state index is 5.62. The standard InChI is InChI=1S/C7H13N5/c1-12-6(4-9-11-12)10-7(5-8)2-3-7/h4,10H,2-3,5,8H2,1H3. The van der Waals surface area contributed by atoms with E-state index in [9.17, 15) is 0 Å². The maximum atomic E-state index is 5.62. The van der Waals surface area contributed by atoms with Crippen molar-refractivity contribution >= 4 is 5.82 Å². The van der Waals surface area contributed by atoms with Gasteiger partial charge in [0, 0.05) is 13.6 Å². The molecule has 3 N–H and O–H groups in total. The quantitative estimate of drug-likeness (QED) is 0.649. The molecule has 0 aliphatic heterocycles. The number of hydrogen-bond donors (Lipinski definition) is 2. The fraction of sp³-hybridized carbons (Fsp3) is 0.714. The van der Waals surface area contributed by atoms with Gasteiger partial charge in [0.1, 0.15) is 5.82 Å². The minimum atomic E-state index is 0.134. The van der Waals surface area contributed by atoms with E-state index in [-0.39, 0.29) is 5.54 Å². The first kappa shape index (κ1) is 7.54. The smallest absolute Gasteiger partial charge is 0.144 e. The van der Waals surface area contributed by atoms with Gasteiger partial charge in [-0.1, -0.05) is 5.21 Å². The Morgan fingerprint density at radius 2 is 2.50 bits per heavy atom. The molecule has 66 valence electrons. The maximum Gasteiger partial charge on any atom is 0.144 e. The first-order valence-electron chi connectivity index (χ1n) is 4.09. The second-order valence-electron chi connectivity index (χ2n) is 3.35. The molecular weight excluding hydrogens is 154 g/mol. The van der Waals surface area contributed by atoms with Crippen molar-refractivity contribution in [2.75, 3.05) is 11.9 Å². The fourth-order valence-corrected chi connectivity index (χ4v) is 1.21. The Morgan fingerprint density at radius 1 is 1.75 bits per heavy atom. The van der Waals surface area contributed by atoms with Crippen molar-refractivity contribution in [3.8, 4) is 0 Å². The van der Waals surface area contributed by atoms with Crippen molar-refractivity contribution in [2.24, 2.45) is 12.8 Å². The van der Waals surface area contributed by atoms with E-state index in [2.05, 4.69) is 15.6 Å². The predicted molar refractivity (Wildman–Crippen MR) is 45.6 cm³/mol. The normalized spacial score (nSPS) is 19.2. The molecule has 5 nitrogen and oxygen atoms in total. The molecule has 1 aromatic heterocycles. The predicted octanol–water partition coefficient (Wildman–Crippen LogP) is -0.282. The minimum absolute atomic E-state index is 0.134. The van der Waals surface area contributed by atoms with Crippen LogP contribution in [-0.2, 0) is 7.05 Å². The topological polar surface area (TPSA) is 68.8 Å². The van der Waals surface area contributed by atoms with Crippen LogP contribution < -0.4 is 11.1 Å². The van der Waals surface area contributed by atoms with Crippen molar-refractivity contribution in [3.63, 3.8) is 0 Å². The van der Waals surface area contributed by atoms with Crippen LogP contribution in [0.5, 0.6) is 0 Å². The number of hydrogen-bond acceptors (Lipinski definition) is 4. The molecule has 0 saturated heterocycles. The third-order valence-electron chi connectivity index (χ3n) is 2.35. The highest BCUT2D eigenvalue weighted by Gasteiger charge is 2.41. The van der Waals surface area contributed by atoms with Crippen LogP contribution in [0.2, 0.25) is 0 Å². The van der Waals surface area contributed by atoms with Crippen molar-refractivity contribution in [2.45, 2.75) is 18.4 Å². The van der Waals surface area contributed by atoms with E-state index in [1.54, 1.807) is 10.9 Å². The molecule has 1 fully saturated rings. The van der Waals surface area contributed by atoms with Gasteiger partial charge in [-0.05, 0) is 12.8 Å². The number of aromatic nitrogens is 3. The molecule has 0 amide bonds. The van der Waals surface area contributed by atoms with Crippen LogP contribution in [0.1, 0.15) is 12.8 Å². The number of rotatable bonds is 3. The number of anilines is 1. The van der Waals surface area contributed by atoms with E-state index in [0.29, 0.717) is 6.54 Å². The molecule has 0 aromatic carbocycles. The molecule has 1 heterocycles. The van der Waals surface area contributed by atoms with Crippen LogP contribution in [-0.4, -0.2) is 27.1 Å². The van der Waals surface area contributed by atoms with Crippen LogP contribution >= 0.6 is 0 Å². The molecule has 1 aliphatic carbocycles. The Balaban J connectivity index is 2.08. The average Bonchev–Trinajstić information content (AvgIpc) is 2.74. The summed E-state index contributed by atoms with van der Waals surface area (Å²) in [6, 6.07) is 0. The summed E-state index contributed by atoms with van der Waals surface area (Å²) in [6.07, 6.45) is 4.01. The Morgan fingerprint density at radius 3 is 2.92 bits per heavy atom. The molecule has 5 heteroatoms. The van der Waals surface area contributed by atoms with Crippen LogP contribution in [0.3, 0.4) is 0 Å². The van der Waals surface area contributed by atoms with Gasteiger partial charge < -0.3 is 11.1 Å². The first-order chi connectivity index (χ1) is 5.76. The molecule has 0 unspecified atom stereocenters. The van der Waals surface area contributed by atoms with Crippen LogP contribution in [0.4, 0.5) is 5.82 Å². The summed E-state index contributed by atoms with van der Waals surface area (Å²) in [5, 5.41) is 10.9. The van der Waals surface area contributed by atoms with Gasteiger partial charge in [0.2, 0.25) is 0 Å². The van der Waals surface area contributed by atoms with E-state index in [0.717, 1.165) is 18.7 Å². The number of nitrogens with one attached hydrogen (secondary N) is 1. The van der Waals surface area contributed by atoms with Crippen molar-refractivity contribution < 1.29 is 0 Å². The molecule has 12 heavy (non-hydrogen) atoms. The largest absolute Gasteiger partial charge is 0.362 e. The summed E-state index contributed by atoms with van der Waals surface area (Å²) >= 11 is 0. The first-order valence-corrected chi connectivity index (χ1v) is 4.09. The Kier molecular flexibility index (Phi) is 1.54. The number of nitrogens with zero attached hydrogens (tertiary/aromatic N) is 3. The van der Waals surface area contributed by atoms with Crippen LogP contribution in [0, 0.1) is 0 Å².